The molecule has 1 saturated heterocycles. The Bertz CT molecular complexity index is 995. The molecular weight excluding hydrogens is 378 g/mol. The number of hydrogen-bond donors (Lipinski definition) is 2. The van der Waals surface area contributed by atoms with E-state index in [0.717, 1.165) is 41.4 Å². The molecule has 0 spiro atoms. The Morgan fingerprint density at radius 2 is 1.63 bits per heavy atom. The number of aliphatic imine (C=N–C) groups is 1. The third-order valence-corrected chi connectivity index (χ3v) is 5.08. The second-order valence-electron chi connectivity index (χ2n) is 7.10. The number of amides is 1. The summed E-state index contributed by atoms with van der Waals surface area (Å²) in [7, 11) is 1.76. The lowest BCUT2D eigenvalue weighted by Crippen LogP contribution is -2.36. The van der Waals surface area contributed by atoms with Gasteiger partial charge in [-0.05, 0) is 41.8 Å². The van der Waals surface area contributed by atoms with E-state index in [0.29, 0.717) is 19.5 Å². The average molecular weight is 403 g/mol. The van der Waals surface area contributed by atoms with Crippen molar-refractivity contribution >= 4 is 17.6 Å². The molecule has 154 valence electrons. The van der Waals surface area contributed by atoms with Gasteiger partial charge in [-0.2, -0.15) is 5.10 Å². The predicted molar refractivity (Wildman–Crippen MR) is 116 cm³/mol. The highest BCUT2D eigenvalue weighted by Gasteiger charge is 2.21. The second-order valence-corrected chi connectivity index (χ2v) is 7.10. The van der Waals surface area contributed by atoms with Gasteiger partial charge in [0.25, 0.3) is 0 Å². The molecule has 1 aromatic heterocycles. The molecule has 0 saturated carbocycles. The summed E-state index contributed by atoms with van der Waals surface area (Å²) < 4.78 is 1.72. The largest absolute Gasteiger partial charge is 0.352 e. The average Bonchev–Trinajstić information content (AvgIpc) is 3.47. The van der Waals surface area contributed by atoms with Crippen LogP contribution in [0.3, 0.4) is 0 Å². The molecule has 1 aliphatic heterocycles. The number of rotatable bonds is 6. The molecule has 30 heavy (non-hydrogen) atoms. The molecule has 1 amide bonds. The molecule has 0 atom stereocenters. The minimum atomic E-state index is 0.208. The first kappa shape index (κ1) is 19.6. The molecule has 0 bridgehead atoms. The van der Waals surface area contributed by atoms with Gasteiger partial charge in [-0.25, -0.2) is 9.67 Å². The standard InChI is InChI=1S/C22H25N7O/c1-23-22(26-14-18-6-10-20(11-7-18)29-16-24-15-27-29)25-13-17-4-8-19(9-5-17)28-12-2-3-21(28)30/h4-11,15-16H,2-3,12-14H2,1H3,(H2,23,25,26). The van der Waals surface area contributed by atoms with Crippen molar-refractivity contribution in [1.82, 2.24) is 25.4 Å². The zero-order chi connectivity index (χ0) is 20.8. The van der Waals surface area contributed by atoms with Crippen molar-refractivity contribution in [3.8, 4) is 5.69 Å². The maximum Gasteiger partial charge on any atom is 0.227 e. The number of anilines is 1. The number of carbonyl (C=O) groups excluding carboxylic acids is 1. The fraction of sp³-hybridized carbons (Fsp3) is 0.273. The molecule has 8 nitrogen and oxygen atoms in total. The lowest BCUT2D eigenvalue weighted by Gasteiger charge is -2.16. The summed E-state index contributed by atoms with van der Waals surface area (Å²) in [6, 6.07) is 16.2. The Morgan fingerprint density at radius 1 is 1.00 bits per heavy atom. The van der Waals surface area contributed by atoms with Crippen LogP contribution in [-0.2, 0) is 17.9 Å². The smallest absolute Gasteiger partial charge is 0.227 e. The van der Waals surface area contributed by atoms with E-state index in [9.17, 15) is 4.79 Å². The summed E-state index contributed by atoms with van der Waals surface area (Å²) in [6.45, 7) is 2.12. The van der Waals surface area contributed by atoms with Crippen LogP contribution in [0.4, 0.5) is 5.69 Å². The first-order valence-corrected chi connectivity index (χ1v) is 10.0. The first-order chi connectivity index (χ1) is 14.7. The maximum absolute atomic E-state index is 11.9. The summed E-state index contributed by atoms with van der Waals surface area (Å²) in [6.07, 6.45) is 4.78. The van der Waals surface area contributed by atoms with E-state index >= 15 is 0 Å². The molecule has 3 aromatic rings. The Labute approximate surface area is 175 Å². The maximum atomic E-state index is 11.9. The van der Waals surface area contributed by atoms with Crippen LogP contribution in [0.5, 0.6) is 0 Å². The van der Waals surface area contributed by atoms with Crippen molar-refractivity contribution in [2.45, 2.75) is 25.9 Å². The van der Waals surface area contributed by atoms with Crippen molar-refractivity contribution in [3.63, 3.8) is 0 Å². The number of nitrogens with zero attached hydrogens (tertiary/aromatic N) is 5. The van der Waals surface area contributed by atoms with Gasteiger partial charge in [0.15, 0.2) is 5.96 Å². The van der Waals surface area contributed by atoms with Gasteiger partial charge in [0.2, 0.25) is 5.91 Å². The molecule has 1 fully saturated rings. The summed E-state index contributed by atoms with van der Waals surface area (Å²) in [4.78, 5) is 22.0. The number of hydrogen-bond acceptors (Lipinski definition) is 4. The molecule has 0 radical (unpaired) electrons. The van der Waals surface area contributed by atoms with E-state index in [2.05, 4.69) is 37.8 Å². The molecule has 8 heteroatoms. The minimum Gasteiger partial charge on any atom is -0.352 e. The van der Waals surface area contributed by atoms with Crippen molar-refractivity contribution in [3.05, 3.63) is 72.3 Å². The van der Waals surface area contributed by atoms with Crippen LogP contribution in [0.2, 0.25) is 0 Å². The van der Waals surface area contributed by atoms with E-state index in [1.807, 2.05) is 41.3 Å². The summed E-state index contributed by atoms with van der Waals surface area (Å²) in [5.41, 5.74) is 4.21. The number of carbonyl (C=O) groups is 1. The van der Waals surface area contributed by atoms with Crippen molar-refractivity contribution in [2.24, 2.45) is 4.99 Å². The van der Waals surface area contributed by atoms with E-state index < -0.39 is 0 Å². The fourth-order valence-corrected chi connectivity index (χ4v) is 3.42. The summed E-state index contributed by atoms with van der Waals surface area (Å²) >= 11 is 0. The Morgan fingerprint density at radius 3 is 2.13 bits per heavy atom. The molecule has 0 aliphatic carbocycles. The highest BCUT2D eigenvalue weighted by molar-refractivity contribution is 5.95. The van der Waals surface area contributed by atoms with E-state index in [-0.39, 0.29) is 5.91 Å². The zero-order valence-electron chi connectivity index (χ0n) is 17.0. The monoisotopic (exact) mass is 403 g/mol. The quantitative estimate of drug-likeness (QED) is 0.487. The van der Waals surface area contributed by atoms with Crippen molar-refractivity contribution < 1.29 is 4.79 Å². The normalized spacial score (nSPS) is 14.2. The molecule has 1 aliphatic rings. The molecule has 0 unspecified atom stereocenters. The highest BCUT2D eigenvalue weighted by atomic mass is 16.2. The van der Waals surface area contributed by atoms with Crippen LogP contribution in [0.25, 0.3) is 5.69 Å². The lowest BCUT2D eigenvalue weighted by atomic mass is 10.2. The van der Waals surface area contributed by atoms with Crippen LogP contribution in [0.1, 0.15) is 24.0 Å². The van der Waals surface area contributed by atoms with Crippen LogP contribution in [-0.4, -0.2) is 40.2 Å². The zero-order valence-corrected chi connectivity index (χ0v) is 17.0. The molecule has 2 N–H and O–H groups in total. The van der Waals surface area contributed by atoms with Gasteiger partial charge >= 0.3 is 0 Å². The van der Waals surface area contributed by atoms with E-state index in [1.54, 1.807) is 18.1 Å². The Balaban J connectivity index is 1.27. The van der Waals surface area contributed by atoms with Crippen LogP contribution in [0, 0.1) is 0 Å². The van der Waals surface area contributed by atoms with Gasteiger partial charge in [-0.15, -0.1) is 0 Å². The number of aromatic nitrogens is 3. The second kappa shape index (κ2) is 9.21. The molecule has 2 aromatic carbocycles. The van der Waals surface area contributed by atoms with Crippen LogP contribution >= 0.6 is 0 Å². The van der Waals surface area contributed by atoms with E-state index in [1.165, 1.54) is 6.33 Å². The summed E-state index contributed by atoms with van der Waals surface area (Å²) in [5.74, 6) is 0.939. The van der Waals surface area contributed by atoms with Gasteiger partial charge in [0.1, 0.15) is 12.7 Å². The third-order valence-electron chi connectivity index (χ3n) is 5.08. The Kier molecular flexibility index (Phi) is 6.03. The van der Waals surface area contributed by atoms with Gasteiger partial charge < -0.3 is 15.5 Å². The van der Waals surface area contributed by atoms with Crippen LogP contribution < -0.4 is 15.5 Å². The highest BCUT2D eigenvalue weighted by Crippen LogP contribution is 2.21. The van der Waals surface area contributed by atoms with Crippen molar-refractivity contribution in [2.75, 3.05) is 18.5 Å². The van der Waals surface area contributed by atoms with Crippen molar-refractivity contribution in [1.29, 1.82) is 0 Å². The molecular formula is C22H25N7O. The van der Waals surface area contributed by atoms with Gasteiger partial charge in [0.05, 0.1) is 5.69 Å². The number of benzene rings is 2. The van der Waals surface area contributed by atoms with E-state index in [4.69, 9.17) is 0 Å². The predicted octanol–water partition coefficient (Wildman–Crippen LogP) is 2.26. The lowest BCUT2D eigenvalue weighted by molar-refractivity contribution is -0.117. The third kappa shape index (κ3) is 4.65. The van der Waals surface area contributed by atoms with Gasteiger partial charge in [0, 0.05) is 38.8 Å². The number of guanidine groups is 1. The minimum absolute atomic E-state index is 0.208. The summed E-state index contributed by atoms with van der Waals surface area (Å²) in [5, 5.41) is 10.8. The first-order valence-electron chi connectivity index (χ1n) is 10.0. The van der Waals surface area contributed by atoms with Gasteiger partial charge in [-0.3, -0.25) is 9.79 Å². The van der Waals surface area contributed by atoms with Gasteiger partial charge in [-0.1, -0.05) is 24.3 Å². The Hall–Kier alpha value is -3.68. The SMILES string of the molecule is CN=C(NCc1ccc(N2CCCC2=O)cc1)NCc1ccc(-n2cncn2)cc1. The topological polar surface area (TPSA) is 87.4 Å². The number of nitrogens with one attached hydrogen (secondary N) is 2. The molecule has 2 heterocycles. The molecule has 4 rings (SSSR count). The fourth-order valence-electron chi connectivity index (χ4n) is 3.42. The van der Waals surface area contributed by atoms with Crippen LogP contribution in [0.15, 0.2) is 66.2 Å².